The van der Waals surface area contributed by atoms with E-state index in [0.717, 1.165) is 12.1 Å². The number of amides is 1. The van der Waals surface area contributed by atoms with Gasteiger partial charge in [-0.05, 0) is 29.8 Å². The molecule has 2 aromatic rings. The molecule has 130 valence electrons. The van der Waals surface area contributed by atoms with E-state index < -0.39 is 28.3 Å². The smallest absolute Gasteiger partial charge is 0.322 e. The Labute approximate surface area is 144 Å². The Hall–Kier alpha value is -2.87. The van der Waals surface area contributed by atoms with Crippen molar-refractivity contribution in [1.82, 2.24) is 0 Å². The van der Waals surface area contributed by atoms with Crippen LogP contribution in [0.4, 0.5) is 24.5 Å². The molecular weight excluding hydrogens is 361 g/mol. The number of rotatable bonds is 4. The third-order valence-corrected chi connectivity index (χ3v) is 3.29. The van der Waals surface area contributed by atoms with Gasteiger partial charge in [0.05, 0.1) is 16.2 Å². The molecule has 2 aromatic carbocycles. The summed E-state index contributed by atoms with van der Waals surface area (Å²) in [5.41, 5.74) is -1.32. The minimum atomic E-state index is -4.68. The van der Waals surface area contributed by atoms with Crippen molar-refractivity contribution < 1.29 is 22.9 Å². The first kappa shape index (κ1) is 18.5. The number of carbonyl (C=O) groups is 1. The fourth-order valence-electron chi connectivity index (χ4n) is 1.95. The molecule has 0 aromatic heterocycles. The Morgan fingerprint density at radius 3 is 2.56 bits per heavy atom. The van der Waals surface area contributed by atoms with Crippen molar-refractivity contribution in [3.63, 3.8) is 0 Å². The van der Waals surface area contributed by atoms with E-state index in [4.69, 9.17) is 11.6 Å². The van der Waals surface area contributed by atoms with Crippen molar-refractivity contribution in [3.8, 4) is 0 Å². The normalized spacial score (nSPS) is 11.5. The monoisotopic (exact) mass is 370 g/mol. The number of anilines is 1. The van der Waals surface area contributed by atoms with Crippen LogP contribution < -0.4 is 5.32 Å². The van der Waals surface area contributed by atoms with Gasteiger partial charge in [0.15, 0.2) is 0 Å². The molecule has 2 rings (SSSR count). The van der Waals surface area contributed by atoms with Gasteiger partial charge in [-0.15, -0.1) is 0 Å². The number of nitrogens with zero attached hydrogens (tertiary/aromatic N) is 1. The number of alkyl halides is 3. The van der Waals surface area contributed by atoms with Gasteiger partial charge < -0.3 is 5.32 Å². The second-order valence-corrected chi connectivity index (χ2v) is 5.30. The number of benzene rings is 2. The molecule has 0 bridgehead atoms. The standard InChI is InChI=1S/C16H10ClF3N2O3/c17-11-5-6-14(13(9-11)16(18,19)20)21-15(23)7-4-10-2-1-3-12(8-10)22(24)25/h1-9H,(H,21,23). The SMILES string of the molecule is O=C(C=Cc1cccc([N+](=O)[O-])c1)Nc1ccc(Cl)cc1C(F)(F)F. The molecule has 0 saturated carbocycles. The van der Waals surface area contributed by atoms with Crippen molar-refractivity contribution in [3.05, 3.63) is 74.8 Å². The molecule has 0 heterocycles. The lowest BCUT2D eigenvalue weighted by Crippen LogP contribution is -2.14. The van der Waals surface area contributed by atoms with E-state index in [1.807, 2.05) is 0 Å². The maximum atomic E-state index is 13.0. The third-order valence-electron chi connectivity index (χ3n) is 3.05. The lowest BCUT2D eigenvalue weighted by atomic mass is 10.1. The van der Waals surface area contributed by atoms with Gasteiger partial charge in [0.1, 0.15) is 0 Å². The summed E-state index contributed by atoms with van der Waals surface area (Å²) in [5.74, 6) is -0.820. The summed E-state index contributed by atoms with van der Waals surface area (Å²) < 4.78 is 38.9. The van der Waals surface area contributed by atoms with Crippen LogP contribution in [0.5, 0.6) is 0 Å². The number of hydrogen-bond acceptors (Lipinski definition) is 3. The van der Waals surface area contributed by atoms with Crippen molar-refractivity contribution in [2.45, 2.75) is 6.18 Å². The molecule has 1 N–H and O–H groups in total. The lowest BCUT2D eigenvalue weighted by molar-refractivity contribution is -0.384. The molecule has 25 heavy (non-hydrogen) atoms. The van der Waals surface area contributed by atoms with Crippen LogP contribution in [0.25, 0.3) is 6.08 Å². The molecule has 0 fully saturated rings. The number of nitrogens with one attached hydrogen (secondary N) is 1. The molecule has 1 amide bonds. The summed E-state index contributed by atoms with van der Waals surface area (Å²) in [6.45, 7) is 0. The Kier molecular flexibility index (Phi) is 5.43. The summed E-state index contributed by atoms with van der Waals surface area (Å²) in [7, 11) is 0. The minimum absolute atomic E-state index is 0.113. The van der Waals surface area contributed by atoms with Crippen LogP contribution in [0.1, 0.15) is 11.1 Å². The summed E-state index contributed by atoms with van der Waals surface area (Å²) in [6.07, 6.45) is -2.45. The number of nitro groups is 1. The topological polar surface area (TPSA) is 72.2 Å². The molecule has 0 aliphatic rings. The minimum Gasteiger partial charge on any atom is -0.322 e. The Balaban J connectivity index is 2.18. The van der Waals surface area contributed by atoms with Gasteiger partial charge in [-0.3, -0.25) is 14.9 Å². The molecule has 0 radical (unpaired) electrons. The first-order chi connectivity index (χ1) is 11.7. The highest BCUT2D eigenvalue weighted by Crippen LogP contribution is 2.36. The maximum absolute atomic E-state index is 13.0. The highest BCUT2D eigenvalue weighted by atomic mass is 35.5. The predicted molar refractivity (Wildman–Crippen MR) is 87.2 cm³/mol. The van der Waals surface area contributed by atoms with Crippen LogP contribution in [0.3, 0.4) is 0 Å². The first-order valence-corrected chi connectivity index (χ1v) is 7.15. The molecule has 0 aliphatic carbocycles. The molecule has 0 aliphatic heterocycles. The number of hydrogen-bond donors (Lipinski definition) is 1. The van der Waals surface area contributed by atoms with Crippen molar-refractivity contribution in [2.75, 3.05) is 5.32 Å². The van der Waals surface area contributed by atoms with E-state index in [-0.39, 0.29) is 10.7 Å². The van der Waals surface area contributed by atoms with E-state index in [0.29, 0.717) is 11.6 Å². The van der Waals surface area contributed by atoms with E-state index in [2.05, 4.69) is 5.32 Å². The highest BCUT2D eigenvalue weighted by Gasteiger charge is 2.34. The molecule has 5 nitrogen and oxygen atoms in total. The van der Waals surface area contributed by atoms with Crippen LogP contribution in [0.15, 0.2) is 48.5 Å². The second-order valence-electron chi connectivity index (χ2n) is 4.86. The fourth-order valence-corrected chi connectivity index (χ4v) is 2.12. The van der Waals surface area contributed by atoms with Crippen LogP contribution >= 0.6 is 11.6 Å². The van der Waals surface area contributed by atoms with E-state index >= 15 is 0 Å². The summed E-state index contributed by atoms with van der Waals surface area (Å²) in [6, 6.07) is 8.42. The fraction of sp³-hybridized carbons (Fsp3) is 0.0625. The maximum Gasteiger partial charge on any atom is 0.418 e. The number of carbonyl (C=O) groups excluding carboxylic acids is 1. The largest absolute Gasteiger partial charge is 0.418 e. The Morgan fingerprint density at radius 2 is 1.92 bits per heavy atom. The van der Waals surface area contributed by atoms with Crippen molar-refractivity contribution in [2.24, 2.45) is 0 Å². The molecule has 9 heteroatoms. The highest BCUT2D eigenvalue weighted by molar-refractivity contribution is 6.30. The van der Waals surface area contributed by atoms with Gasteiger partial charge in [-0.2, -0.15) is 13.2 Å². The van der Waals surface area contributed by atoms with Gasteiger partial charge in [0.2, 0.25) is 5.91 Å². The lowest BCUT2D eigenvalue weighted by Gasteiger charge is -2.13. The second kappa shape index (κ2) is 7.35. The van der Waals surface area contributed by atoms with Crippen LogP contribution in [-0.2, 0) is 11.0 Å². The van der Waals surface area contributed by atoms with E-state index in [1.54, 1.807) is 0 Å². The molecule has 0 atom stereocenters. The molecular formula is C16H10ClF3N2O3. The zero-order valence-corrected chi connectivity index (χ0v) is 13.1. The summed E-state index contributed by atoms with van der Waals surface area (Å²) in [5, 5.41) is 12.7. The Bertz CT molecular complexity index is 851. The zero-order chi connectivity index (χ0) is 18.6. The van der Waals surface area contributed by atoms with Gasteiger partial charge in [-0.25, -0.2) is 0 Å². The third kappa shape index (κ3) is 5.05. The molecule has 0 unspecified atom stereocenters. The van der Waals surface area contributed by atoms with E-state index in [1.165, 1.54) is 36.4 Å². The number of halogens is 4. The zero-order valence-electron chi connectivity index (χ0n) is 12.4. The van der Waals surface area contributed by atoms with Crippen LogP contribution in [0.2, 0.25) is 5.02 Å². The summed E-state index contributed by atoms with van der Waals surface area (Å²) in [4.78, 5) is 21.9. The Morgan fingerprint density at radius 1 is 1.20 bits per heavy atom. The van der Waals surface area contributed by atoms with Gasteiger partial charge in [0, 0.05) is 23.2 Å². The van der Waals surface area contributed by atoms with Crippen LogP contribution in [-0.4, -0.2) is 10.8 Å². The van der Waals surface area contributed by atoms with Gasteiger partial charge in [0.25, 0.3) is 5.69 Å². The molecule has 0 spiro atoms. The number of nitro benzene ring substituents is 1. The quantitative estimate of drug-likeness (QED) is 0.471. The molecule has 0 saturated heterocycles. The van der Waals surface area contributed by atoms with Gasteiger partial charge >= 0.3 is 6.18 Å². The summed E-state index contributed by atoms with van der Waals surface area (Å²) >= 11 is 5.56. The first-order valence-electron chi connectivity index (χ1n) is 6.77. The average Bonchev–Trinajstić information content (AvgIpc) is 2.54. The van der Waals surface area contributed by atoms with E-state index in [9.17, 15) is 28.1 Å². The number of non-ortho nitro benzene ring substituents is 1. The average molecular weight is 371 g/mol. The van der Waals surface area contributed by atoms with Crippen molar-refractivity contribution >= 4 is 35.0 Å². The van der Waals surface area contributed by atoms with Crippen molar-refractivity contribution in [1.29, 1.82) is 0 Å². The predicted octanol–water partition coefficient (Wildman–Crippen LogP) is 4.92. The van der Waals surface area contributed by atoms with Crippen LogP contribution in [0, 0.1) is 10.1 Å². The van der Waals surface area contributed by atoms with Gasteiger partial charge in [-0.1, -0.05) is 23.7 Å².